The van der Waals surface area contributed by atoms with Crippen LogP contribution < -0.4 is 4.74 Å². The molecule has 2 aromatic carbocycles. The fraction of sp³-hybridized carbons (Fsp3) is 0.143. The van der Waals surface area contributed by atoms with E-state index in [1.54, 1.807) is 6.92 Å². The molecule has 4 nitrogen and oxygen atoms in total. The zero-order chi connectivity index (χ0) is 14.7. The lowest BCUT2D eigenvalue weighted by molar-refractivity contribution is -0.387. The van der Waals surface area contributed by atoms with Crippen LogP contribution in [0.4, 0.5) is 14.5 Å². The summed E-state index contributed by atoms with van der Waals surface area (Å²) < 4.78 is 32.1. The summed E-state index contributed by atoms with van der Waals surface area (Å²) in [6.45, 7) is 1.49. The molecule has 104 valence electrons. The molecule has 0 aliphatic heterocycles. The van der Waals surface area contributed by atoms with Crippen LogP contribution in [-0.4, -0.2) is 4.92 Å². The van der Waals surface area contributed by atoms with Crippen molar-refractivity contribution < 1.29 is 18.4 Å². The number of nitrogens with zero attached hydrogens (tertiary/aromatic N) is 1. The number of benzene rings is 2. The number of rotatable bonds is 4. The minimum absolute atomic E-state index is 0.0722. The van der Waals surface area contributed by atoms with Crippen LogP contribution in [0.5, 0.6) is 5.75 Å². The first-order valence-corrected chi connectivity index (χ1v) is 5.80. The Bertz CT molecular complexity index is 659. The SMILES string of the molecule is Cc1cc(F)ccc1OCc1cccc([N+](=O)[O-])c1F. The van der Waals surface area contributed by atoms with Crippen LogP contribution in [-0.2, 0) is 6.61 Å². The molecular formula is C14H11F2NO3. The van der Waals surface area contributed by atoms with Crippen LogP contribution in [0.1, 0.15) is 11.1 Å². The molecule has 0 heterocycles. The van der Waals surface area contributed by atoms with Gasteiger partial charge in [-0.15, -0.1) is 0 Å². The molecule has 6 heteroatoms. The topological polar surface area (TPSA) is 52.4 Å². The van der Waals surface area contributed by atoms with Gasteiger partial charge in [0.2, 0.25) is 5.82 Å². The van der Waals surface area contributed by atoms with Crippen molar-refractivity contribution in [2.45, 2.75) is 13.5 Å². The molecule has 0 atom stereocenters. The fourth-order valence-electron chi connectivity index (χ4n) is 1.75. The molecule has 2 aromatic rings. The monoisotopic (exact) mass is 279 g/mol. The molecule has 0 saturated heterocycles. The summed E-state index contributed by atoms with van der Waals surface area (Å²) in [6.07, 6.45) is 0. The van der Waals surface area contributed by atoms with E-state index < -0.39 is 22.2 Å². The van der Waals surface area contributed by atoms with Gasteiger partial charge in [0.1, 0.15) is 18.2 Å². The van der Waals surface area contributed by atoms with Crippen molar-refractivity contribution in [2.75, 3.05) is 0 Å². The van der Waals surface area contributed by atoms with Gasteiger partial charge in [-0.1, -0.05) is 12.1 Å². The molecule has 0 N–H and O–H groups in total. The second-order valence-corrected chi connectivity index (χ2v) is 4.21. The number of nitro groups is 1. The minimum Gasteiger partial charge on any atom is -0.489 e. The van der Waals surface area contributed by atoms with E-state index >= 15 is 0 Å². The molecule has 0 aromatic heterocycles. The molecule has 0 aliphatic carbocycles. The molecule has 0 unspecified atom stereocenters. The molecule has 0 aliphatic rings. The Kier molecular flexibility index (Phi) is 3.93. The third-order valence-electron chi connectivity index (χ3n) is 2.78. The van der Waals surface area contributed by atoms with Crippen LogP contribution in [0.25, 0.3) is 0 Å². The first-order valence-electron chi connectivity index (χ1n) is 5.80. The third-order valence-corrected chi connectivity index (χ3v) is 2.78. The molecular weight excluding hydrogens is 268 g/mol. The van der Waals surface area contributed by atoms with E-state index in [2.05, 4.69) is 0 Å². The summed E-state index contributed by atoms with van der Waals surface area (Å²) in [4.78, 5) is 9.83. The second kappa shape index (κ2) is 5.64. The number of nitro benzene ring substituents is 1. The van der Waals surface area contributed by atoms with E-state index in [4.69, 9.17) is 4.74 Å². The normalized spacial score (nSPS) is 10.3. The molecule has 0 radical (unpaired) electrons. The first-order chi connectivity index (χ1) is 9.49. The van der Waals surface area contributed by atoms with Crippen LogP contribution >= 0.6 is 0 Å². The van der Waals surface area contributed by atoms with Crippen molar-refractivity contribution in [1.82, 2.24) is 0 Å². The quantitative estimate of drug-likeness (QED) is 0.632. The molecule has 0 amide bonds. The van der Waals surface area contributed by atoms with Crippen molar-refractivity contribution >= 4 is 5.69 Å². The number of halogens is 2. The summed E-state index contributed by atoms with van der Waals surface area (Å²) in [5.74, 6) is -0.911. The highest BCUT2D eigenvalue weighted by Crippen LogP contribution is 2.23. The molecule has 2 rings (SSSR count). The van der Waals surface area contributed by atoms with Crippen LogP contribution in [0.15, 0.2) is 36.4 Å². The Morgan fingerprint density at radius 3 is 2.65 bits per heavy atom. The van der Waals surface area contributed by atoms with Gasteiger partial charge in [-0.2, -0.15) is 4.39 Å². The Morgan fingerprint density at radius 2 is 2.00 bits per heavy atom. The van der Waals surface area contributed by atoms with Crippen LogP contribution in [0, 0.1) is 28.7 Å². The molecule has 0 saturated carbocycles. The summed E-state index contributed by atoms with van der Waals surface area (Å²) in [5.41, 5.74) is 0.0423. The van der Waals surface area contributed by atoms with Crippen molar-refractivity contribution in [3.8, 4) is 5.75 Å². The third kappa shape index (κ3) is 2.90. The molecule has 0 fully saturated rings. The molecule has 0 bridgehead atoms. The summed E-state index contributed by atoms with van der Waals surface area (Å²) in [5, 5.41) is 10.6. The summed E-state index contributed by atoms with van der Waals surface area (Å²) in [6, 6.07) is 7.83. The molecule has 0 spiro atoms. The predicted octanol–water partition coefficient (Wildman–Crippen LogP) is 3.76. The number of hydrogen-bond acceptors (Lipinski definition) is 3. The van der Waals surface area contributed by atoms with Gasteiger partial charge in [-0.3, -0.25) is 10.1 Å². The summed E-state index contributed by atoms with van der Waals surface area (Å²) >= 11 is 0. The number of ether oxygens (including phenoxy) is 1. The van der Waals surface area contributed by atoms with Crippen LogP contribution in [0.2, 0.25) is 0 Å². The van der Waals surface area contributed by atoms with Gasteiger partial charge < -0.3 is 4.74 Å². The highest BCUT2D eigenvalue weighted by Gasteiger charge is 2.17. The maximum atomic E-state index is 13.8. The Labute approximate surface area is 113 Å². The molecule has 20 heavy (non-hydrogen) atoms. The van der Waals surface area contributed by atoms with E-state index in [0.29, 0.717) is 11.3 Å². The van der Waals surface area contributed by atoms with Gasteiger partial charge in [0.05, 0.1) is 4.92 Å². The lowest BCUT2D eigenvalue weighted by Gasteiger charge is -2.09. The van der Waals surface area contributed by atoms with Crippen molar-refractivity contribution in [1.29, 1.82) is 0 Å². The van der Waals surface area contributed by atoms with Gasteiger partial charge >= 0.3 is 5.69 Å². The summed E-state index contributed by atoms with van der Waals surface area (Å²) in [7, 11) is 0. The van der Waals surface area contributed by atoms with Crippen molar-refractivity contribution in [2.24, 2.45) is 0 Å². The first kappa shape index (κ1) is 13.9. The highest BCUT2D eigenvalue weighted by molar-refractivity contribution is 5.37. The number of hydrogen-bond donors (Lipinski definition) is 0. The average Bonchev–Trinajstić information content (AvgIpc) is 2.39. The van der Waals surface area contributed by atoms with Gasteiger partial charge in [-0.25, -0.2) is 4.39 Å². The van der Waals surface area contributed by atoms with Crippen molar-refractivity contribution in [3.05, 3.63) is 69.3 Å². The predicted molar refractivity (Wildman–Crippen MR) is 68.5 cm³/mol. The fourth-order valence-corrected chi connectivity index (χ4v) is 1.75. The van der Waals surface area contributed by atoms with Gasteiger partial charge in [-0.05, 0) is 30.7 Å². The van der Waals surface area contributed by atoms with Gasteiger partial charge in [0, 0.05) is 11.6 Å². The highest BCUT2D eigenvalue weighted by atomic mass is 19.1. The Balaban J connectivity index is 2.19. The van der Waals surface area contributed by atoms with E-state index in [1.165, 1.54) is 30.3 Å². The van der Waals surface area contributed by atoms with Crippen LogP contribution in [0.3, 0.4) is 0 Å². The Morgan fingerprint density at radius 1 is 1.25 bits per heavy atom. The lowest BCUT2D eigenvalue weighted by Crippen LogP contribution is -2.02. The zero-order valence-corrected chi connectivity index (χ0v) is 10.6. The lowest BCUT2D eigenvalue weighted by atomic mass is 10.2. The van der Waals surface area contributed by atoms with E-state index in [-0.39, 0.29) is 12.2 Å². The van der Waals surface area contributed by atoms with Gasteiger partial charge in [0.15, 0.2) is 0 Å². The zero-order valence-electron chi connectivity index (χ0n) is 10.6. The second-order valence-electron chi connectivity index (χ2n) is 4.21. The van der Waals surface area contributed by atoms with Crippen molar-refractivity contribution in [3.63, 3.8) is 0 Å². The maximum absolute atomic E-state index is 13.8. The smallest absolute Gasteiger partial charge is 0.305 e. The standard InChI is InChI=1S/C14H11F2NO3/c1-9-7-11(15)5-6-13(9)20-8-10-3-2-4-12(14(10)16)17(18)19/h2-7H,8H2,1H3. The van der Waals surface area contributed by atoms with Gasteiger partial charge in [0.25, 0.3) is 0 Å². The van der Waals surface area contributed by atoms with E-state index in [9.17, 15) is 18.9 Å². The average molecular weight is 279 g/mol. The maximum Gasteiger partial charge on any atom is 0.305 e. The largest absolute Gasteiger partial charge is 0.489 e. The number of aryl methyl sites for hydroxylation is 1. The Hall–Kier alpha value is -2.50. The van der Waals surface area contributed by atoms with E-state index in [1.807, 2.05) is 0 Å². The van der Waals surface area contributed by atoms with E-state index in [0.717, 1.165) is 6.07 Å². The minimum atomic E-state index is -0.919.